The zero-order valence-corrected chi connectivity index (χ0v) is 24.6. The van der Waals surface area contributed by atoms with E-state index < -0.39 is 0 Å². The number of carbonyl (C=O) groups excluding carboxylic acids is 1. The average Bonchev–Trinajstić information content (AvgIpc) is 2.99. The third kappa shape index (κ3) is 13.1. The fourth-order valence-electron chi connectivity index (χ4n) is 4.54. The third-order valence-corrected chi connectivity index (χ3v) is 7.10. The quantitative estimate of drug-likeness (QED) is 0.0789. The summed E-state index contributed by atoms with van der Waals surface area (Å²) < 4.78 is 24.7. The Labute approximate surface area is 246 Å². The molecule has 0 atom stereocenters. The second-order valence-electron chi connectivity index (χ2n) is 10.7. The normalized spacial score (nSPS) is 11.2. The number of hydrogen-bond donors (Lipinski definition) is 0. The molecule has 0 aliphatic rings. The lowest BCUT2D eigenvalue weighted by molar-refractivity contribution is 0.104. The summed E-state index contributed by atoms with van der Waals surface area (Å²) in [6, 6.07) is 21.8. The van der Waals surface area contributed by atoms with Gasteiger partial charge >= 0.3 is 0 Å². The van der Waals surface area contributed by atoms with E-state index in [-0.39, 0.29) is 11.6 Å². The largest absolute Gasteiger partial charge is 0.494 e. The Hall–Kier alpha value is -3.50. The molecule has 41 heavy (non-hydrogen) atoms. The number of carbonyl (C=O) groups is 1. The predicted molar refractivity (Wildman–Crippen MR) is 169 cm³/mol. The number of allylic oxidation sites excluding steroid dienone is 2. The van der Waals surface area contributed by atoms with E-state index in [9.17, 15) is 9.18 Å². The number of ether oxygens (including phenoxy) is 2. The first-order chi connectivity index (χ1) is 20.0. The zero-order chi connectivity index (χ0) is 29.1. The minimum absolute atomic E-state index is 0.149. The molecule has 0 bridgehead atoms. The minimum atomic E-state index is -0.349. The average molecular weight is 557 g/mol. The monoisotopic (exact) mass is 556 g/mol. The third-order valence-electron chi connectivity index (χ3n) is 7.10. The molecule has 0 fully saturated rings. The summed E-state index contributed by atoms with van der Waals surface area (Å²) in [4.78, 5) is 12.2. The van der Waals surface area contributed by atoms with Gasteiger partial charge in [-0.05, 0) is 78.9 Å². The highest BCUT2D eigenvalue weighted by atomic mass is 19.1. The van der Waals surface area contributed by atoms with E-state index in [1.807, 2.05) is 31.2 Å². The maximum atomic E-state index is 13.0. The van der Waals surface area contributed by atoms with E-state index in [4.69, 9.17) is 9.47 Å². The highest BCUT2D eigenvalue weighted by Gasteiger charge is 2.02. The first kappa shape index (κ1) is 32.0. The van der Waals surface area contributed by atoms with Crippen molar-refractivity contribution in [2.75, 3.05) is 13.2 Å². The van der Waals surface area contributed by atoms with Gasteiger partial charge in [0.1, 0.15) is 11.6 Å². The highest BCUT2D eigenvalue weighted by molar-refractivity contribution is 6.06. The second kappa shape index (κ2) is 18.8. The number of ketones is 1. The van der Waals surface area contributed by atoms with Gasteiger partial charge in [-0.25, -0.2) is 4.39 Å². The van der Waals surface area contributed by atoms with Crippen molar-refractivity contribution >= 4 is 17.4 Å². The topological polar surface area (TPSA) is 35.5 Å². The molecule has 0 saturated heterocycles. The molecule has 218 valence electrons. The first-order valence-electron chi connectivity index (χ1n) is 15.0. The van der Waals surface area contributed by atoms with Crippen LogP contribution < -0.4 is 4.74 Å². The van der Waals surface area contributed by atoms with E-state index in [0.29, 0.717) is 12.2 Å². The molecule has 0 amide bonds. The number of rotatable bonds is 20. The van der Waals surface area contributed by atoms with Crippen molar-refractivity contribution in [3.8, 4) is 5.75 Å². The van der Waals surface area contributed by atoms with E-state index in [1.165, 1.54) is 92.8 Å². The fraction of sp³-hybridized carbons (Fsp3) is 0.378. The number of hydrogen-bond acceptors (Lipinski definition) is 3. The van der Waals surface area contributed by atoms with Crippen LogP contribution in [0.3, 0.4) is 0 Å². The van der Waals surface area contributed by atoms with Crippen LogP contribution in [-0.4, -0.2) is 19.0 Å². The summed E-state index contributed by atoms with van der Waals surface area (Å²) in [5, 5.41) is 0. The van der Waals surface area contributed by atoms with Crippen LogP contribution in [0.4, 0.5) is 4.39 Å². The summed E-state index contributed by atoms with van der Waals surface area (Å²) in [6.45, 7) is 8.25. The van der Waals surface area contributed by atoms with Gasteiger partial charge in [0, 0.05) is 12.2 Å². The Morgan fingerprint density at radius 1 is 0.707 bits per heavy atom. The van der Waals surface area contributed by atoms with E-state index in [1.54, 1.807) is 6.08 Å². The van der Waals surface area contributed by atoms with Crippen LogP contribution in [-0.2, 0) is 11.3 Å². The van der Waals surface area contributed by atoms with E-state index in [0.717, 1.165) is 42.9 Å². The smallest absolute Gasteiger partial charge is 0.185 e. The van der Waals surface area contributed by atoms with Crippen molar-refractivity contribution in [3.05, 3.63) is 114 Å². The lowest BCUT2D eigenvalue weighted by Gasteiger charge is -2.07. The molecule has 3 rings (SSSR count). The van der Waals surface area contributed by atoms with Crippen molar-refractivity contribution < 1.29 is 18.7 Å². The maximum Gasteiger partial charge on any atom is 0.185 e. The van der Waals surface area contributed by atoms with Gasteiger partial charge in [-0.15, -0.1) is 0 Å². The van der Waals surface area contributed by atoms with Crippen LogP contribution in [0, 0.1) is 5.82 Å². The molecule has 4 heteroatoms. The Morgan fingerprint density at radius 2 is 1.24 bits per heavy atom. The minimum Gasteiger partial charge on any atom is -0.494 e. The van der Waals surface area contributed by atoms with Crippen LogP contribution in [0.5, 0.6) is 5.75 Å². The Kier molecular flexibility index (Phi) is 14.7. The number of unbranched alkanes of at least 4 members (excludes halogenated alkanes) is 9. The van der Waals surface area contributed by atoms with Crippen LogP contribution in [0.2, 0.25) is 0 Å². The molecule has 0 radical (unpaired) electrons. The van der Waals surface area contributed by atoms with Crippen LogP contribution in [0.15, 0.2) is 85.5 Å². The van der Waals surface area contributed by atoms with Crippen LogP contribution in [0.25, 0.3) is 11.6 Å². The van der Waals surface area contributed by atoms with Gasteiger partial charge in [0.25, 0.3) is 0 Å². The van der Waals surface area contributed by atoms with Gasteiger partial charge in [-0.1, -0.05) is 106 Å². The van der Waals surface area contributed by atoms with E-state index >= 15 is 0 Å². The van der Waals surface area contributed by atoms with Gasteiger partial charge in [0.2, 0.25) is 0 Å². The standard InChI is InChI=1S/C37H45FO3/c1-30(2)33-18-13-32(14-19-33)29-40-27-11-9-7-5-3-4-6-8-10-12-28-41-36-24-15-31(16-25-36)17-26-37(39)34-20-22-35(38)23-21-34/h13-26H,1,3-12,27-29H2,2H3/b26-17+. The molecule has 0 heterocycles. The number of benzene rings is 3. The predicted octanol–water partition coefficient (Wildman–Crippen LogP) is 10.3. The van der Waals surface area contributed by atoms with Crippen molar-refractivity contribution in [3.63, 3.8) is 0 Å². The molecule has 0 aliphatic heterocycles. The molecule has 0 aromatic heterocycles. The Bertz CT molecular complexity index is 1190. The summed E-state index contributed by atoms with van der Waals surface area (Å²) in [5.41, 5.74) is 4.89. The number of halogens is 1. The molecule has 0 spiro atoms. The summed E-state index contributed by atoms with van der Waals surface area (Å²) >= 11 is 0. The molecule has 3 aromatic carbocycles. The highest BCUT2D eigenvalue weighted by Crippen LogP contribution is 2.16. The lowest BCUT2D eigenvalue weighted by Crippen LogP contribution is -1.97. The fourth-order valence-corrected chi connectivity index (χ4v) is 4.54. The molecule has 0 N–H and O–H groups in total. The summed E-state index contributed by atoms with van der Waals surface area (Å²) in [6.07, 6.45) is 15.7. The van der Waals surface area contributed by atoms with Crippen molar-refractivity contribution in [1.82, 2.24) is 0 Å². The molecule has 3 aromatic rings. The Morgan fingerprint density at radius 3 is 1.83 bits per heavy atom. The van der Waals surface area contributed by atoms with Gasteiger partial charge in [-0.2, -0.15) is 0 Å². The maximum absolute atomic E-state index is 13.0. The van der Waals surface area contributed by atoms with E-state index in [2.05, 4.69) is 30.8 Å². The molecule has 3 nitrogen and oxygen atoms in total. The Balaban J connectivity index is 1.11. The van der Waals surface area contributed by atoms with Crippen molar-refractivity contribution in [2.45, 2.75) is 77.7 Å². The SMILES string of the molecule is C=C(C)c1ccc(COCCCCCCCCCCCCOc2ccc(/C=C/C(=O)c3ccc(F)cc3)cc2)cc1. The molecule has 0 unspecified atom stereocenters. The molecular formula is C37H45FO3. The summed E-state index contributed by atoms with van der Waals surface area (Å²) in [5.74, 6) is 0.344. The van der Waals surface area contributed by atoms with Crippen molar-refractivity contribution in [2.24, 2.45) is 0 Å². The molecular weight excluding hydrogens is 511 g/mol. The molecule has 0 aliphatic carbocycles. The lowest BCUT2D eigenvalue weighted by atomic mass is 10.1. The van der Waals surface area contributed by atoms with Gasteiger partial charge in [0.05, 0.1) is 13.2 Å². The van der Waals surface area contributed by atoms with Gasteiger partial charge in [-0.3, -0.25) is 4.79 Å². The summed E-state index contributed by atoms with van der Waals surface area (Å²) in [7, 11) is 0. The zero-order valence-electron chi connectivity index (χ0n) is 24.6. The van der Waals surface area contributed by atoms with Gasteiger partial charge in [0.15, 0.2) is 5.78 Å². The second-order valence-corrected chi connectivity index (χ2v) is 10.7. The molecule has 0 saturated carbocycles. The van der Waals surface area contributed by atoms with Crippen LogP contribution in [0.1, 0.15) is 98.2 Å². The van der Waals surface area contributed by atoms with Crippen LogP contribution >= 0.6 is 0 Å². The van der Waals surface area contributed by atoms with Gasteiger partial charge < -0.3 is 9.47 Å². The van der Waals surface area contributed by atoms with Crippen molar-refractivity contribution in [1.29, 1.82) is 0 Å². The first-order valence-corrected chi connectivity index (χ1v) is 15.0.